The van der Waals surface area contributed by atoms with Gasteiger partial charge < -0.3 is 28.8 Å². The minimum absolute atomic E-state index is 0.00130. The zero-order valence-electron chi connectivity index (χ0n) is 34.1. The number of aliphatic hydroxyl groups is 1. The molecule has 0 heterocycles. The van der Waals surface area contributed by atoms with Gasteiger partial charge in [-0.15, -0.1) is 0 Å². The highest BCUT2D eigenvalue weighted by atomic mass is 31.2. The van der Waals surface area contributed by atoms with Gasteiger partial charge in [-0.25, -0.2) is 0 Å². The maximum atomic E-state index is 12.8. The standard InChI is InChI=1S/C42H83N2O6P/c1-6-8-10-12-14-16-17-18-19-20-21-22-23-24-25-26-28-30-32-34-36-42(46)43-40(39-50-51(47,48)49-38-37-44(3,4)5)41(45)35-33-31-29-27-15-13-11-9-7-2/h21-22,33,35,40-41,45H,6-20,23-32,34,36-39H2,1-5H3,(H-,43,46,47,48)/b22-21-,35-33+. The molecule has 0 saturated carbocycles. The van der Waals surface area contributed by atoms with E-state index >= 15 is 0 Å². The van der Waals surface area contributed by atoms with Gasteiger partial charge in [0.2, 0.25) is 5.91 Å². The van der Waals surface area contributed by atoms with Crippen molar-refractivity contribution in [2.45, 2.75) is 199 Å². The van der Waals surface area contributed by atoms with Crippen LogP contribution >= 0.6 is 7.82 Å². The van der Waals surface area contributed by atoms with Crippen molar-refractivity contribution in [3.63, 3.8) is 0 Å². The van der Waals surface area contributed by atoms with Gasteiger partial charge >= 0.3 is 0 Å². The normalized spacial score (nSPS) is 14.7. The molecule has 2 N–H and O–H groups in total. The number of aliphatic hydroxyl groups excluding tert-OH is 1. The van der Waals surface area contributed by atoms with E-state index in [2.05, 4.69) is 31.3 Å². The lowest BCUT2D eigenvalue weighted by molar-refractivity contribution is -0.870. The van der Waals surface area contributed by atoms with Crippen molar-refractivity contribution < 1.29 is 32.9 Å². The van der Waals surface area contributed by atoms with Crippen molar-refractivity contribution in [3.05, 3.63) is 24.3 Å². The van der Waals surface area contributed by atoms with E-state index in [1.807, 2.05) is 27.2 Å². The fourth-order valence-corrected chi connectivity index (χ4v) is 6.69. The van der Waals surface area contributed by atoms with E-state index in [0.29, 0.717) is 17.4 Å². The van der Waals surface area contributed by atoms with Crippen molar-refractivity contribution in [3.8, 4) is 0 Å². The average Bonchev–Trinajstić information content (AvgIpc) is 3.07. The summed E-state index contributed by atoms with van der Waals surface area (Å²) in [6.07, 6.45) is 39.4. The molecule has 3 atom stereocenters. The number of unbranched alkanes of at least 4 members (excludes halogenated alkanes) is 23. The second-order valence-corrected chi connectivity index (χ2v) is 17.1. The molecule has 9 heteroatoms. The van der Waals surface area contributed by atoms with E-state index in [1.165, 1.54) is 128 Å². The zero-order chi connectivity index (χ0) is 37.9. The molecule has 0 bridgehead atoms. The summed E-state index contributed by atoms with van der Waals surface area (Å²) in [4.78, 5) is 25.2. The number of carbonyl (C=O) groups excluding carboxylic acids is 1. The Morgan fingerprint density at radius 1 is 0.667 bits per heavy atom. The van der Waals surface area contributed by atoms with Crippen molar-refractivity contribution in [2.75, 3.05) is 40.9 Å². The van der Waals surface area contributed by atoms with Crippen LogP contribution in [-0.2, 0) is 18.4 Å². The van der Waals surface area contributed by atoms with E-state index in [0.717, 1.165) is 38.5 Å². The third kappa shape index (κ3) is 37.1. The van der Waals surface area contributed by atoms with Crippen LogP contribution in [0.5, 0.6) is 0 Å². The SMILES string of the molecule is CCCCCCCCC/C=C/C(O)C(COP(=O)([O-])OCC[N+](C)(C)C)NC(=O)CCCCCCCCC/C=C\CCCCCCCCCCC. The lowest BCUT2D eigenvalue weighted by atomic mass is 10.1. The smallest absolute Gasteiger partial charge is 0.268 e. The van der Waals surface area contributed by atoms with Crippen molar-refractivity contribution in [1.82, 2.24) is 5.32 Å². The summed E-state index contributed by atoms with van der Waals surface area (Å²) in [6.45, 7) is 4.60. The number of phosphoric acid groups is 1. The molecule has 8 nitrogen and oxygen atoms in total. The van der Waals surface area contributed by atoms with Crippen LogP contribution in [0.15, 0.2) is 24.3 Å². The fraction of sp³-hybridized carbons (Fsp3) is 0.881. The van der Waals surface area contributed by atoms with Gasteiger partial charge in [0.1, 0.15) is 13.2 Å². The second kappa shape index (κ2) is 34.7. The van der Waals surface area contributed by atoms with E-state index in [9.17, 15) is 19.4 Å². The third-order valence-electron chi connectivity index (χ3n) is 9.41. The molecule has 0 aromatic rings. The van der Waals surface area contributed by atoms with Crippen LogP contribution in [0, 0.1) is 0 Å². The number of amides is 1. The molecule has 0 aliphatic heterocycles. The third-order valence-corrected chi connectivity index (χ3v) is 10.4. The molecule has 0 aromatic heterocycles. The predicted octanol–water partition coefficient (Wildman–Crippen LogP) is 10.7. The molecular formula is C42H83N2O6P. The highest BCUT2D eigenvalue weighted by molar-refractivity contribution is 7.45. The van der Waals surface area contributed by atoms with Gasteiger partial charge in [0.25, 0.3) is 7.82 Å². The van der Waals surface area contributed by atoms with Gasteiger partial charge in [-0.1, -0.05) is 160 Å². The summed E-state index contributed by atoms with van der Waals surface area (Å²) in [5.74, 6) is -0.205. The number of carbonyl (C=O) groups is 1. The highest BCUT2D eigenvalue weighted by Gasteiger charge is 2.23. The number of quaternary nitrogens is 1. The Morgan fingerprint density at radius 2 is 1.08 bits per heavy atom. The van der Waals surface area contributed by atoms with E-state index < -0.39 is 20.0 Å². The van der Waals surface area contributed by atoms with Gasteiger partial charge in [0.15, 0.2) is 0 Å². The number of rotatable bonds is 38. The maximum Gasteiger partial charge on any atom is 0.268 e. The number of likely N-dealkylation sites (N-methyl/N-ethyl adjacent to an activating group) is 1. The monoisotopic (exact) mass is 743 g/mol. The number of allylic oxidation sites excluding steroid dienone is 3. The number of hydrogen-bond acceptors (Lipinski definition) is 6. The number of nitrogens with one attached hydrogen (secondary N) is 1. The van der Waals surface area contributed by atoms with Gasteiger partial charge in [-0.3, -0.25) is 9.36 Å². The molecule has 0 saturated heterocycles. The lowest BCUT2D eigenvalue weighted by Gasteiger charge is -2.29. The van der Waals surface area contributed by atoms with Crippen LogP contribution in [-0.4, -0.2) is 68.5 Å². The number of nitrogens with zero attached hydrogens (tertiary/aromatic N) is 1. The molecule has 51 heavy (non-hydrogen) atoms. The first kappa shape index (κ1) is 50.0. The van der Waals surface area contributed by atoms with Gasteiger partial charge in [0.05, 0.1) is 39.9 Å². The Bertz CT molecular complexity index is 891. The van der Waals surface area contributed by atoms with Crippen molar-refractivity contribution in [1.29, 1.82) is 0 Å². The van der Waals surface area contributed by atoms with Gasteiger partial charge in [0, 0.05) is 6.42 Å². The molecule has 0 spiro atoms. The second-order valence-electron chi connectivity index (χ2n) is 15.7. The summed E-state index contributed by atoms with van der Waals surface area (Å²) in [5.41, 5.74) is 0. The largest absolute Gasteiger partial charge is 0.756 e. The summed E-state index contributed by atoms with van der Waals surface area (Å²) < 4.78 is 23.1. The van der Waals surface area contributed by atoms with Gasteiger partial charge in [-0.2, -0.15) is 0 Å². The van der Waals surface area contributed by atoms with Crippen LogP contribution in [0.2, 0.25) is 0 Å². The van der Waals surface area contributed by atoms with Crippen LogP contribution in [0.4, 0.5) is 0 Å². The van der Waals surface area contributed by atoms with Crippen molar-refractivity contribution in [2.24, 2.45) is 0 Å². The van der Waals surface area contributed by atoms with E-state index in [1.54, 1.807) is 6.08 Å². The number of hydrogen-bond donors (Lipinski definition) is 2. The molecule has 0 aromatic carbocycles. The Hall–Kier alpha value is -1.02. The topological polar surface area (TPSA) is 108 Å². The lowest BCUT2D eigenvalue weighted by Crippen LogP contribution is -2.45. The Labute approximate surface area is 315 Å². The molecule has 0 radical (unpaired) electrons. The summed E-state index contributed by atoms with van der Waals surface area (Å²) >= 11 is 0. The zero-order valence-corrected chi connectivity index (χ0v) is 35.0. The average molecular weight is 743 g/mol. The molecule has 3 unspecified atom stereocenters. The van der Waals surface area contributed by atoms with Gasteiger partial charge in [-0.05, 0) is 44.9 Å². The molecule has 0 fully saturated rings. The van der Waals surface area contributed by atoms with Crippen LogP contribution < -0.4 is 10.2 Å². The molecule has 302 valence electrons. The first-order valence-electron chi connectivity index (χ1n) is 21.2. The number of phosphoric ester groups is 1. The molecule has 0 aliphatic carbocycles. The van der Waals surface area contributed by atoms with Crippen LogP contribution in [0.1, 0.15) is 187 Å². The van der Waals surface area contributed by atoms with E-state index in [-0.39, 0.29) is 19.1 Å². The Kier molecular flexibility index (Phi) is 34.0. The predicted molar refractivity (Wildman–Crippen MR) is 215 cm³/mol. The highest BCUT2D eigenvalue weighted by Crippen LogP contribution is 2.38. The van der Waals surface area contributed by atoms with E-state index in [4.69, 9.17) is 9.05 Å². The molecule has 1 amide bonds. The maximum absolute atomic E-state index is 12.8. The fourth-order valence-electron chi connectivity index (χ4n) is 5.97. The quantitative estimate of drug-likeness (QED) is 0.0282. The first-order valence-corrected chi connectivity index (χ1v) is 22.7. The first-order chi connectivity index (χ1) is 24.5. The summed E-state index contributed by atoms with van der Waals surface area (Å²) in [5, 5.41) is 13.7. The molecule has 0 rings (SSSR count). The van der Waals surface area contributed by atoms with Crippen LogP contribution in [0.3, 0.4) is 0 Å². The summed E-state index contributed by atoms with van der Waals surface area (Å²) in [6, 6.07) is -0.883. The molecule has 0 aliphatic rings. The Morgan fingerprint density at radius 3 is 1.53 bits per heavy atom. The van der Waals surface area contributed by atoms with Crippen LogP contribution in [0.25, 0.3) is 0 Å². The Balaban J connectivity index is 4.31. The summed E-state index contributed by atoms with van der Waals surface area (Å²) in [7, 11) is 1.26. The van der Waals surface area contributed by atoms with Crippen molar-refractivity contribution >= 4 is 13.7 Å². The molecular weight excluding hydrogens is 659 g/mol. The minimum atomic E-state index is -4.58. The minimum Gasteiger partial charge on any atom is -0.756 e.